The quantitative estimate of drug-likeness (QED) is 0.531. The first-order valence-electron chi connectivity index (χ1n) is 8.15. The van der Waals surface area contributed by atoms with Gasteiger partial charge in [-0.2, -0.15) is 0 Å². The molecule has 25 heavy (non-hydrogen) atoms. The second-order valence-corrected chi connectivity index (χ2v) is 6.52. The molecule has 0 spiro atoms. The zero-order chi connectivity index (χ0) is 18.6. The Kier molecular flexibility index (Phi) is 6.42. The molecule has 0 unspecified atom stereocenters. The number of methoxy groups -OCH3 is 2. The van der Waals surface area contributed by atoms with Crippen LogP contribution in [0.1, 0.15) is 51.3 Å². The zero-order valence-corrected chi connectivity index (χ0v) is 17.0. The Morgan fingerprint density at radius 2 is 1.64 bits per heavy atom. The molecule has 0 saturated carbocycles. The molecule has 4 nitrogen and oxygen atoms in total. The number of benzene rings is 2. The van der Waals surface area contributed by atoms with Crippen molar-refractivity contribution >= 4 is 26.9 Å². The van der Waals surface area contributed by atoms with Crippen molar-refractivity contribution in [1.82, 2.24) is 0 Å². The van der Waals surface area contributed by atoms with Crippen LogP contribution in [0.4, 0.5) is 0 Å². The molecule has 2 aromatic rings. The second kappa shape index (κ2) is 8.34. The molecule has 0 atom stereocenters. The topological polar surface area (TPSA) is 52.6 Å². The third-order valence-electron chi connectivity index (χ3n) is 4.22. The van der Waals surface area contributed by atoms with Crippen molar-refractivity contribution in [2.75, 3.05) is 14.2 Å². The van der Waals surface area contributed by atoms with Crippen LogP contribution in [0.15, 0.2) is 30.3 Å². The summed E-state index contributed by atoms with van der Waals surface area (Å²) in [5.74, 6) is 1.20. The van der Waals surface area contributed by atoms with E-state index in [1.165, 1.54) is 16.5 Å². The van der Waals surface area contributed by atoms with E-state index in [0.717, 1.165) is 17.5 Å². The average Bonchev–Trinajstić information content (AvgIpc) is 2.65. The van der Waals surface area contributed by atoms with Crippen molar-refractivity contribution in [3.8, 4) is 11.5 Å². The summed E-state index contributed by atoms with van der Waals surface area (Å²) in [6, 6.07) is 8.69. The van der Waals surface area contributed by atoms with Gasteiger partial charge in [0.2, 0.25) is 0 Å². The first kappa shape index (κ1) is 19.3. The standard InChI is InChI=1S/C20H21GeO4/c1-5-12-11-16(20(21)23)17(15(6-2)19(12)25-4)18(22)13-7-9-14(24-3)10-8-13/h7-11H,5-6H2,1-4H3. The normalized spacial score (nSPS) is 10.4. The molecular formula is C20H21GeO4. The molecule has 0 aromatic heterocycles. The van der Waals surface area contributed by atoms with Gasteiger partial charge in [0.05, 0.1) is 0 Å². The number of hydrogen-bond donors (Lipinski definition) is 0. The Balaban J connectivity index is 2.72. The average molecular weight is 398 g/mol. The fraction of sp³-hybridized carbons (Fsp3) is 0.300. The number of ether oxygens (including phenoxy) is 2. The van der Waals surface area contributed by atoms with Crippen LogP contribution < -0.4 is 9.47 Å². The number of carbonyl (C=O) groups is 2. The van der Waals surface area contributed by atoms with E-state index in [9.17, 15) is 9.59 Å². The SMILES string of the molecule is CCc1cc([C](=O)[Ge])c(C(=O)c2ccc(OC)cc2)c(CC)c1OC. The molecule has 129 valence electrons. The summed E-state index contributed by atoms with van der Waals surface area (Å²) in [6.07, 6.45) is 1.34. The Bertz CT molecular complexity index is 794. The van der Waals surface area contributed by atoms with Crippen LogP contribution in [0, 0.1) is 0 Å². The molecule has 0 aliphatic carbocycles. The van der Waals surface area contributed by atoms with Crippen LogP contribution in [0.25, 0.3) is 0 Å². The fourth-order valence-electron chi connectivity index (χ4n) is 2.96. The van der Waals surface area contributed by atoms with Gasteiger partial charge in [0.25, 0.3) is 0 Å². The summed E-state index contributed by atoms with van der Waals surface area (Å²) in [6.45, 7) is 3.97. The van der Waals surface area contributed by atoms with Crippen LogP contribution in [0.5, 0.6) is 11.5 Å². The van der Waals surface area contributed by atoms with E-state index in [1.807, 2.05) is 13.8 Å². The van der Waals surface area contributed by atoms with Gasteiger partial charge >= 0.3 is 157 Å². The number of carbonyl (C=O) groups excluding carboxylic acids is 2. The number of rotatable bonds is 7. The van der Waals surface area contributed by atoms with E-state index < -0.39 is 0 Å². The van der Waals surface area contributed by atoms with E-state index >= 15 is 0 Å². The number of hydrogen-bond acceptors (Lipinski definition) is 4. The maximum atomic E-state index is 13.2. The predicted molar refractivity (Wildman–Crippen MR) is 98.3 cm³/mol. The Labute approximate surface area is 156 Å². The van der Waals surface area contributed by atoms with Crippen molar-refractivity contribution in [2.45, 2.75) is 26.7 Å². The van der Waals surface area contributed by atoms with Crippen LogP contribution in [-0.2, 0) is 12.8 Å². The first-order chi connectivity index (χ1) is 12.0. The van der Waals surface area contributed by atoms with Crippen molar-refractivity contribution in [2.24, 2.45) is 0 Å². The molecular weight excluding hydrogens is 377 g/mol. The van der Waals surface area contributed by atoms with Gasteiger partial charge in [0.1, 0.15) is 0 Å². The van der Waals surface area contributed by atoms with Gasteiger partial charge in [-0.15, -0.1) is 0 Å². The molecule has 0 N–H and O–H groups in total. The third-order valence-corrected chi connectivity index (χ3v) is 4.78. The van der Waals surface area contributed by atoms with Crippen LogP contribution >= 0.6 is 0 Å². The Morgan fingerprint density at radius 1 is 1.00 bits per heavy atom. The van der Waals surface area contributed by atoms with E-state index in [4.69, 9.17) is 9.47 Å². The Hall–Kier alpha value is -2.08. The molecule has 0 aliphatic heterocycles. The van der Waals surface area contributed by atoms with Crippen molar-refractivity contribution in [3.05, 3.63) is 58.1 Å². The third kappa shape index (κ3) is 3.79. The Morgan fingerprint density at radius 3 is 2.08 bits per heavy atom. The van der Waals surface area contributed by atoms with Gasteiger partial charge in [0, 0.05) is 0 Å². The van der Waals surface area contributed by atoms with Gasteiger partial charge in [0.15, 0.2) is 0 Å². The van der Waals surface area contributed by atoms with Crippen molar-refractivity contribution < 1.29 is 19.1 Å². The van der Waals surface area contributed by atoms with E-state index in [1.54, 1.807) is 44.6 Å². The predicted octanol–water partition coefficient (Wildman–Crippen LogP) is 3.37. The number of aryl methyl sites for hydroxylation is 1. The minimum atomic E-state index is -0.175. The second-order valence-electron chi connectivity index (χ2n) is 5.56. The van der Waals surface area contributed by atoms with Crippen LogP contribution in [0.3, 0.4) is 0 Å². The summed E-state index contributed by atoms with van der Waals surface area (Å²) < 4.78 is 10.6. The van der Waals surface area contributed by atoms with Gasteiger partial charge in [-0.25, -0.2) is 0 Å². The molecule has 3 radical (unpaired) electrons. The molecule has 0 amide bonds. The molecule has 0 fully saturated rings. The number of ketones is 1. The molecule has 0 bridgehead atoms. The molecule has 2 rings (SSSR count). The van der Waals surface area contributed by atoms with Crippen LogP contribution in [-0.4, -0.2) is 41.1 Å². The van der Waals surface area contributed by atoms with Gasteiger partial charge in [-0.05, 0) is 0 Å². The summed E-state index contributed by atoms with van der Waals surface area (Å²) in [5.41, 5.74) is 3.14. The van der Waals surface area contributed by atoms with E-state index in [-0.39, 0.29) is 10.4 Å². The summed E-state index contributed by atoms with van der Waals surface area (Å²) in [7, 11) is 3.18. The van der Waals surface area contributed by atoms with Crippen molar-refractivity contribution in [3.63, 3.8) is 0 Å². The summed E-state index contributed by atoms with van der Waals surface area (Å²) in [4.78, 5) is 25.4. The van der Waals surface area contributed by atoms with Crippen molar-refractivity contribution in [1.29, 1.82) is 0 Å². The molecule has 0 aliphatic rings. The van der Waals surface area contributed by atoms with Gasteiger partial charge in [-0.1, -0.05) is 0 Å². The zero-order valence-electron chi connectivity index (χ0n) is 14.9. The monoisotopic (exact) mass is 399 g/mol. The van der Waals surface area contributed by atoms with Gasteiger partial charge < -0.3 is 0 Å². The molecule has 2 aromatic carbocycles. The van der Waals surface area contributed by atoms with E-state index in [2.05, 4.69) is 0 Å². The maximum absolute atomic E-state index is 13.2. The van der Waals surface area contributed by atoms with Crippen LogP contribution in [0.2, 0.25) is 0 Å². The first-order valence-corrected chi connectivity index (χ1v) is 9.20. The summed E-state index contributed by atoms with van der Waals surface area (Å²) >= 11 is 1.49. The van der Waals surface area contributed by atoms with Gasteiger partial charge in [-0.3, -0.25) is 0 Å². The molecule has 5 heteroatoms. The minimum absolute atomic E-state index is 0.121. The van der Waals surface area contributed by atoms with E-state index in [0.29, 0.717) is 34.6 Å². The molecule has 0 saturated heterocycles. The summed E-state index contributed by atoms with van der Waals surface area (Å²) in [5, 5.41) is 0. The molecule has 0 heterocycles. The fourth-order valence-corrected chi connectivity index (χ4v) is 3.37.